The second kappa shape index (κ2) is 3.09. The number of imidazole rings is 1. The lowest BCUT2D eigenvalue weighted by molar-refractivity contribution is 0.472. The van der Waals surface area contributed by atoms with Crippen LogP contribution >= 0.6 is 12.2 Å². The number of H-pyrrole nitrogens is 1. The van der Waals surface area contributed by atoms with Crippen LogP contribution in [-0.2, 0) is 12.0 Å². The number of rotatable bonds is 1. The largest absolute Gasteiger partial charge is 0.337 e. The predicted octanol–water partition coefficient (Wildman–Crippen LogP) is 3.26. The maximum atomic E-state index is 13.9. The molecule has 0 amide bonds. The van der Waals surface area contributed by atoms with Crippen molar-refractivity contribution in [2.45, 2.75) is 24.3 Å². The highest BCUT2D eigenvalue weighted by Gasteiger charge is 2.62. The van der Waals surface area contributed by atoms with Gasteiger partial charge in [0.25, 0.3) is 0 Å². The molecule has 0 bridgehead atoms. The summed E-state index contributed by atoms with van der Waals surface area (Å²) in [6, 6.07) is 4.43. The molecule has 1 aliphatic heterocycles. The van der Waals surface area contributed by atoms with Crippen LogP contribution in [-0.4, -0.2) is 9.55 Å². The Balaban J connectivity index is 1.86. The summed E-state index contributed by atoms with van der Waals surface area (Å²) < 4.78 is 29.9. The minimum Gasteiger partial charge on any atom is -0.337 e. The summed E-state index contributed by atoms with van der Waals surface area (Å²) >= 11 is 5.18. The second-order valence-electron chi connectivity index (χ2n) is 5.12. The van der Waals surface area contributed by atoms with Crippen LogP contribution in [0.4, 0.5) is 8.78 Å². The van der Waals surface area contributed by atoms with E-state index < -0.39 is 11.6 Å². The van der Waals surface area contributed by atoms with Crippen LogP contribution in [0.5, 0.6) is 0 Å². The molecule has 1 aromatic heterocycles. The molecule has 0 radical (unpaired) electrons. The van der Waals surface area contributed by atoms with Crippen LogP contribution in [0.1, 0.15) is 23.6 Å². The molecule has 1 aliphatic carbocycles. The fourth-order valence-electron chi connectivity index (χ4n) is 3.28. The molecule has 18 heavy (non-hydrogen) atoms. The van der Waals surface area contributed by atoms with Gasteiger partial charge in [0.2, 0.25) is 0 Å². The molecule has 1 fully saturated rings. The number of hydrogen-bond acceptors (Lipinski definition) is 1. The summed E-state index contributed by atoms with van der Waals surface area (Å²) in [6.07, 6.45) is 2.76. The van der Waals surface area contributed by atoms with Gasteiger partial charge < -0.3 is 9.55 Å². The van der Waals surface area contributed by atoms with Gasteiger partial charge in [-0.15, -0.1) is 0 Å². The van der Waals surface area contributed by atoms with E-state index in [1.54, 1.807) is 12.1 Å². The lowest BCUT2D eigenvalue weighted by Crippen LogP contribution is -2.15. The van der Waals surface area contributed by atoms with Crippen molar-refractivity contribution in [3.63, 3.8) is 0 Å². The van der Waals surface area contributed by atoms with Crippen molar-refractivity contribution < 1.29 is 8.78 Å². The Morgan fingerprint density at radius 2 is 2.22 bits per heavy atom. The van der Waals surface area contributed by atoms with Gasteiger partial charge in [0.05, 0.1) is 0 Å². The third-order valence-corrected chi connectivity index (χ3v) is 4.60. The molecule has 92 valence electrons. The number of halogens is 2. The Kier molecular flexibility index (Phi) is 1.79. The molecule has 1 aromatic carbocycles. The summed E-state index contributed by atoms with van der Waals surface area (Å²) in [5.74, 6) is -1.21. The minimum atomic E-state index is -0.769. The molecule has 4 rings (SSSR count). The van der Waals surface area contributed by atoms with Crippen molar-refractivity contribution in [2.75, 3.05) is 0 Å². The third kappa shape index (κ3) is 1.08. The van der Waals surface area contributed by atoms with Crippen LogP contribution in [0.2, 0.25) is 0 Å². The number of fused-ring (bicyclic) bond motifs is 3. The van der Waals surface area contributed by atoms with E-state index in [1.807, 2.05) is 10.8 Å². The topological polar surface area (TPSA) is 20.7 Å². The molecule has 1 saturated carbocycles. The lowest BCUT2D eigenvalue weighted by atomic mass is 9.93. The summed E-state index contributed by atoms with van der Waals surface area (Å²) in [4.78, 5) is 3.00. The number of nitrogens with zero attached hydrogens (tertiary/aromatic N) is 1. The zero-order valence-corrected chi connectivity index (χ0v) is 10.2. The monoisotopic (exact) mass is 264 g/mol. The van der Waals surface area contributed by atoms with Crippen molar-refractivity contribution in [2.24, 2.45) is 0 Å². The number of benzene rings is 1. The molecular weight excluding hydrogens is 254 g/mol. The Labute approximate surface area is 107 Å². The van der Waals surface area contributed by atoms with Crippen LogP contribution in [0, 0.1) is 16.4 Å². The van der Waals surface area contributed by atoms with E-state index in [0.717, 1.165) is 18.2 Å². The van der Waals surface area contributed by atoms with Crippen molar-refractivity contribution >= 4 is 12.2 Å². The van der Waals surface area contributed by atoms with Crippen LogP contribution in [0.3, 0.4) is 0 Å². The Hall–Kier alpha value is -1.49. The quantitative estimate of drug-likeness (QED) is 0.784. The summed E-state index contributed by atoms with van der Waals surface area (Å²) in [7, 11) is 0. The van der Waals surface area contributed by atoms with Gasteiger partial charge >= 0.3 is 0 Å². The van der Waals surface area contributed by atoms with Gasteiger partial charge in [-0.3, -0.25) is 0 Å². The van der Waals surface area contributed by atoms with Crippen molar-refractivity contribution in [1.29, 1.82) is 0 Å². The number of aromatic nitrogens is 2. The third-order valence-electron chi connectivity index (χ3n) is 4.26. The molecular formula is C13H10F2N2S. The molecule has 0 spiro atoms. The van der Waals surface area contributed by atoms with Gasteiger partial charge in [0, 0.05) is 29.8 Å². The van der Waals surface area contributed by atoms with E-state index in [4.69, 9.17) is 12.2 Å². The van der Waals surface area contributed by atoms with Gasteiger partial charge in [-0.1, -0.05) is 12.1 Å². The number of nitrogens with one attached hydrogen (secondary N) is 1. The normalized spacial score (nSPS) is 28.0. The standard InChI is InChI=1S/C13H10F2N2S/c14-9-3-1-2-7(11(9)15)13-4-8(13)10-5-16-12(18)17(10)6-13/h1-3,5,8H,4,6H2,(H,16,18)/t8-,13+/m1/s1. The zero-order valence-electron chi connectivity index (χ0n) is 9.41. The predicted molar refractivity (Wildman–Crippen MR) is 65.0 cm³/mol. The maximum Gasteiger partial charge on any atom is 0.177 e. The molecule has 2 heterocycles. The van der Waals surface area contributed by atoms with Gasteiger partial charge in [-0.2, -0.15) is 0 Å². The van der Waals surface area contributed by atoms with E-state index in [0.29, 0.717) is 16.9 Å². The summed E-state index contributed by atoms with van der Waals surface area (Å²) in [5.41, 5.74) is 1.33. The Morgan fingerprint density at radius 1 is 1.39 bits per heavy atom. The first-order chi connectivity index (χ1) is 8.63. The molecule has 2 atom stereocenters. The summed E-state index contributed by atoms with van der Waals surface area (Å²) in [5, 5.41) is 0. The molecule has 0 saturated heterocycles. The number of aromatic amines is 1. The number of hydrogen-bond donors (Lipinski definition) is 1. The van der Waals surface area contributed by atoms with Gasteiger partial charge in [-0.05, 0) is 30.3 Å². The van der Waals surface area contributed by atoms with Gasteiger partial charge in [0.1, 0.15) is 0 Å². The van der Waals surface area contributed by atoms with E-state index in [1.165, 1.54) is 0 Å². The molecule has 2 aromatic rings. The highest BCUT2D eigenvalue weighted by Crippen LogP contribution is 2.65. The first-order valence-electron chi connectivity index (χ1n) is 5.86. The van der Waals surface area contributed by atoms with E-state index >= 15 is 0 Å². The highest BCUT2D eigenvalue weighted by atomic mass is 32.1. The van der Waals surface area contributed by atoms with Crippen LogP contribution < -0.4 is 0 Å². The maximum absolute atomic E-state index is 13.9. The molecule has 2 aliphatic rings. The fraction of sp³-hybridized carbons (Fsp3) is 0.308. The Bertz CT molecular complexity index is 718. The van der Waals surface area contributed by atoms with E-state index in [2.05, 4.69) is 4.98 Å². The first-order valence-corrected chi connectivity index (χ1v) is 6.27. The average Bonchev–Trinajstić information content (AvgIpc) is 2.82. The second-order valence-corrected chi connectivity index (χ2v) is 5.51. The van der Waals surface area contributed by atoms with E-state index in [-0.39, 0.29) is 11.3 Å². The van der Waals surface area contributed by atoms with Crippen molar-refractivity contribution in [1.82, 2.24) is 9.55 Å². The van der Waals surface area contributed by atoms with Crippen LogP contribution in [0.15, 0.2) is 24.4 Å². The summed E-state index contributed by atoms with van der Waals surface area (Å²) in [6.45, 7) is 0.649. The van der Waals surface area contributed by atoms with Crippen LogP contribution in [0.25, 0.3) is 0 Å². The Morgan fingerprint density at radius 3 is 3.00 bits per heavy atom. The van der Waals surface area contributed by atoms with Crippen molar-refractivity contribution in [3.05, 3.63) is 52.1 Å². The first kappa shape index (κ1) is 10.4. The lowest BCUT2D eigenvalue weighted by Gasteiger charge is -2.14. The van der Waals surface area contributed by atoms with Gasteiger partial charge in [0.15, 0.2) is 16.4 Å². The average molecular weight is 264 g/mol. The minimum absolute atomic E-state index is 0.266. The van der Waals surface area contributed by atoms with E-state index in [9.17, 15) is 8.78 Å². The smallest absolute Gasteiger partial charge is 0.177 e. The van der Waals surface area contributed by atoms with Crippen molar-refractivity contribution in [3.8, 4) is 0 Å². The molecule has 0 unspecified atom stereocenters. The zero-order chi connectivity index (χ0) is 12.5. The molecule has 5 heteroatoms. The highest BCUT2D eigenvalue weighted by molar-refractivity contribution is 7.71. The fourth-order valence-corrected chi connectivity index (χ4v) is 3.51. The molecule has 2 nitrogen and oxygen atoms in total. The SMILES string of the molecule is Fc1cccc([C@@]23C[C@@H]2c2c[nH]c(=S)n2C3)c1F. The van der Waals surface area contributed by atoms with Gasteiger partial charge in [-0.25, -0.2) is 8.78 Å². The molecule has 1 N–H and O–H groups in total.